The van der Waals surface area contributed by atoms with Crippen molar-refractivity contribution in [2.75, 3.05) is 11.9 Å². The summed E-state index contributed by atoms with van der Waals surface area (Å²) in [5.74, 6) is -1.04. The molecule has 164 valence electrons. The number of rotatable bonds is 7. The third-order valence-corrected chi connectivity index (χ3v) is 5.01. The first-order chi connectivity index (χ1) is 15.1. The number of carbonyl (C=O) groups is 3. The number of aromatic nitrogens is 3. The molecule has 0 unspecified atom stereocenters. The summed E-state index contributed by atoms with van der Waals surface area (Å²) in [5, 5.41) is 13.3. The molecule has 0 fully saturated rings. The molecule has 1 aliphatic heterocycles. The topological polar surface area (TPSA) is 109 Å². The van der Waals surface area contributed by atoms with Gasteiger partial charge in [-0.15, -0.1) is 0 Å². The zero-order valence-corrected chi connectivity index (χ0v) is 18.2. The fourth-order valence-corrected chi connectivity index (χ4v) is 3.23. The predicted octanol–water partition coefficient (Wildman–Crippen LogP) is 2.25. The standard InChI is InChI=1S/C23H24N6O3/c1-13(18-7-9-19(10-8-18)26-17(5)30)20-12-29(23(32)14(20)2)16(4)22(31)25-15(3)21-11-24-28(6)27-21/h7-11H,1,3-4,12H2,2,5-6H3,(H,25,31)(H,26,30). The Balaban J connectivity index is 1.70. The molecular weight excluding hydrogens is 408 g/mol. The van der Waals surface area contributed by atoms with Gasteiger partial charge in [-0.3, -0.25) is 19.3 Å². The number of carbonyl (C=O) groups excluding carboxylic acids is 3. The quantitative estimate of drug-likeness (QED) is 0.652. The number of aryl methyl sites for hydroxylation is 1. The average Bonchev–Trinajstić information content (AvgIpc) is 3.31. The number of benzene rings is 1. The molecule has 9 nitrogen and oxygen atoms in total. The fourth-order valence-electron chi connectivity index (χ4n) is 3.23. The summed E-state index contributed by atoms with van der Waals surface area (Å²) in [7, 11) is 1.65. The Bertz CT molecular complexity index is 1190. The van der Waals surface area contributed by atoms with E-state index in [4.69, 9.17) is 0 Å². The van der Waals surface area contributed by atoms with E-state index in [1.807, 2.05) is 12.1 Å². The summed E-state index contributed by atoms with van der Waals surface area (Å²) in [5.41, 5.74) is 3.98. The highest BCUT2D eigenvalue weighted by atomic mass is 16.2. The highest BCUT2D eigenvalue weighted by molar-refractivity contribution is 6.08. The van der Waals surface area contributed by atoms with Crippen molar-refractivity contribution in [3.63, 3.8) is 0 Å². The summed E-state index contributed by atoms with van der Waals surface area (Å²) in [4.78, 5) is 39.3. The van der Waals surface area contributed by atoms with Crippen LogP contribution < -0.4 is 10.6 Å². The summed E-state index contributed by atoms with van der Waals surface area (Å²) in [6.07, 6.45) is 1.47. The first-order valence-corrected chi connectivity index (χ1v) is 9.73. The maximum atomic E-state index is 12.8. The number of hydrogen-bond donors (Lipinski definition) is 2. The van der Waals surface area contributed by atoms with Crippen molar-refractivity contribution >= 4 is 34.7 Å². The van der Waals surface area contributed by atoms with E-state index in [2.05, 4.69) is 40.6 Å². The third-order valence-electron chi connectivity index (χ3n) is 5.01. The van der Waals surface area contributed by atoms with E-state index in [1.165, 1.54) is 22.8 Å². The van der Waals surface area contributed by atoms with E-state index in [9.17, 15) is 14.4 Å². The van der Waals surface area contributed by atoms with Crippen molar-refractivity contribution in [1.82, 2.24) is 25.2 Å². The van der Waals surface area contributed by atoms with Gasteiger partial charge in [-0.1, -0.05) is 31.9 Å². The van der Waals surface area contributed by atoms with Crippen molar-refractivity contribution in [1.29, 1.82) is 0 Å². The van der Waals surface area contributed by atoms with E-state index in [0.717, 1.165) is 5.56 Å². The smallest absolute Gasteiger partial charge is 0.271 e. The molecular formula is C23H24N6O3. The molecule has 9 heteroatoms. The second kappa shape index (κ2) is 8.84. The molecule has 0 saturated heterocycles. The van der Waals surface area contributed by atoms with E-state index in [-0.39, 0.29) is 29.8 Å². The van der Waals surface area contributed by atoms with Gasteiger partial charge in [0.25, 0.3) is 11.8 Å². The highest BCUT2D eigenvalue weighted by Gasteiger charge is 2.33. The zero-order chi connectivity index (χ0) is 23.6. The molecule has 2 aromatic rings. The lowest BCUT2D eigenvalue weighted by Crippen LogP contribution is -2.35. The molecule has 32 heavy (non-hydrogen) atoms. The normalized spacial score (nSPS) is 13.2. The molecule has 0 saturated carbocycles. The SMILES string of the molecule is C=C(C1=C(C)C(=O)N(C(=C)C(=O)NC(=C)c2cnn(C)n2)C1)c1ccc(NC(C)=O)cc1. The van der Waals surface area contributed by atoms with Crippen LogP contribution in [0, 0.1) is 0 Å². The van der Waals surface area contributed by atoms with Gasteiger partial charge in [0.2, 0.25) is 5.91 Å². The van der Waals surface area contributed by atoms with Gasteiger partial charge in [-0.2, -0.15) is 15.0 Å². The minimum Gasteiger partial charge on any atom is -0.326 e. The summed E-state index contributed by atoms with van der Waals surface area (Å²) >= 11 is 0. The molecule has 1 aromatic carbocycles. The lowest BCUT2D eigenvalue weighted by molar-refractivity contribution is -0.127. The van der Waals surface area contributed by atoms with E-state index in [1.54, 1.807) is 26.1 Å². The van der Waals surface area contributed by atoms with E-state index >= 15 is 0 Å². The summed E-state index contributed by atoms with van der Waals surface area (Å²) in [6, 6.07) is 7.15. The van der Waals surface area contributed by atoms with Crippen LogP contribution in [0.15, 0.2) is 67.0 Å². The average molecular weight is 432 g/mol. The number of hydrogen-bond acceptors (Lipinski definition) is 5. The van der Waals surface area contributed by atoms with Crippen LogP contribution in [0.4, 0.5) is 5.69 Å². The molecule has 0 spiro atoms. The van der Waals surface area contributed by atoms with Gasteiger partial charge in [0.1, 0.15) is 11.4 Å². The molecule has 0 radical (unpaired) electrons. The van der Waals surface area contributed by atoms with Crippen molar-refractivity contribution < 1.29 is 14.4 Å². The fraction of sp³-hybridized carbons (Fsp3) is 0.174. The lowest BCUT2D eigenvalue weighted by Gasteiger charge is -2.19. The number of nitrogens with zero attached hydrogens (tertiary/aromatic N) is 4. The number of anilines is 1. The van der Waals surface area contributed by atoms with Crippen LogP contribution in [0.3, 0.4) is 0 Å². The largest absolute Gasteiger partial charge is 0.326 e. The van der Waals surface area contributed by atoms with Crippen molar-refractivity contribution in [3.05, 3.63) is 78.3 Å². The van der Waals surface area contributed by atoms with Crippen LogP contribution in [0.1, 0.15) is 25.1 Å². The minimum absolute atomic E-state index is 0.0109. The molecule has 1 aliphatic rings. The van der Waals surface area contributed by atoms with Gasteiger partial charge in [0.05, 0.1) is 18.4 Å². The van der Waals surface area contributed by atoms with Crippen molar-refractivity contribution in [2.24, 2.45) is 7.05 Å². The Kier molecular flexibility index (Phi) is 6.20. The predicted molar refractivity (Wildman–Crippen MR) is 122 cm³/mol. The van der Waals surface area contributed by atoms with Crippen LogP contribution in [0.5, 0.6) is 0 Å². The van der Waals surface area contributed by atoms with E-state index in [0.29, 0.717) is 28.1 Å². The lowest BCUT2D eigenvalue weighted by atomic mass is 9.97. The Morgan fingerprint density at radius 1 is 1.12 bits per heavy atom. The molecule has 0 bridgehead atoms. The second-order valence-corrected chi connectivity index (χ2v) is 7.33. The first-order valence-electron chi connectivity index (χ1n) is 9.73. The Hall–Kier alpha value is -4.27. The number of nitrogens with one attached hydrogen (secondary N) is 2. The van der Waals surface area contributed by atoms with Crippen molar-refractivity contribution in [2.45, 2.75) is 13.8 Å². The summed E-state index contributed by atoms with van der Waals surface area (Å²) < 4.78 is 0. The van der Waals surface area contributed by atoms with Gasteiger partial charge in [-0.05, 0) is 35.8 Å². The molecule has 3 rings (SSSR count). The van der Waals surface area contributed by atoms with Gasteiger partial charge in [-0.25, -0.2) is 0 Å². The highest BCUT2D eigenvalue weighted by Crippen LogP contribution is 2.32. The minimum atomic E-state index is -0.562. The molecule has 0 atom stereocenters. The second-order valence-electron chi connectivity index (χ2n) is 7.33. The monoisotopic (exact) mass is 432 g/mol. The van der Waals surface area contributed by atoms with Gasteiger partial charge < -0.3 is 10.6 Å². The van der Waals surface area contributed by atoms with Gasteiger partial charge in [0, 0.05) is 25.2 Å². The number of amides is 3. The Labute approximate surface area is 185 Å². The van der Waals surface area contributed by atoms with Crippen LogP contribution in [0.2, 0.25) is 0 Å². The molecule has 3 amide bonds. The Morgan fingerprint density at radius 2 is 1.78 bits per heavy atom. The maximum Gasteiger partial charge on any atom is 0.271 e. The first kappa shape index (κ1) is 22.4. The molecule has 2 N–H and O–H groups in total. The van der Waals surface area contributed by atoms with Crippen LogP contribution in [0.25, 0.3) is 11.3 Å². The molecule has 0 aliphatic carbocycles. The Morgan fingerprint density at radius 3 is 2.34 bits per heavy atom. The van der Waals surface area contributed by atoms with Crippen LogP contribution in [-0.4, -0.2) is 44.2 Å². The van der Waals surface area contributed by atoms with Gasteiger partial charge >= 0.3 is 0 Å². The van der Waals surface area contributed by atoms with Crippen LogP contribution >= 0.6 is 0 Å². The molecule has 2 heterocycles. The maximum absolute atomic E-state index is 12.8. The van der Waals surface area contributed by atoms with Gasteiger partial charge in [0.15, 0.2) is 0 Å². The van der Waals surface area contributed by atoms with Crippen LogP contribution in [-0.2, 0) is 21.4 Å². The van der Waals surface area contributed by atoms with E-state index < -0.39 is 5.91 Å². The summed E-state index contributed by atoms with van der Waals surface area (Å²) in [6.45, 7) is 15.0. The zero-order valence-electron chi connectivity index (χ0n) is 18.2. The molecule has 1 aromatic heterocycles. The third kappa shape index (κ3) is 4.56. The van der Waals surface area contributed by atoms with Crippen molar-refractivity contribution in [3.8, 4) is 0 Å².